The van der Waals surface area contributed by atoms with E-state index < -0.39 is 0 Å². The lowest BCUT2D eigenvalue weighted by Gasteiger charge is -2.22. The Morgan fingerprint density at radius 1 is 1.00 bits per heavy atom. The Morgan fingerprint density at radius 3 is 2.05 bits per heavy atom. The molecule has 1 fully saturated rings. The molecule has 1 nitrogen and oxygen atoms in total. The van der Waals surface area contributed by atoms with Gasteiger partial charge in [-0.1, -0.05) is 25.3 Å². The number of benzene rings is 1. The molecule has 1 aliphatic carbocycles. The van der Waals surface area contributed by atoms with Crippen LogP contribution < -0.4 is 0 Å². The smallest absolute Gasteiger partial charge is 0.181 e. The fourth-order valence-electron chi connectivity index (χ4n) is 3.06. The maximum atomic E-state index is 12.7. The summed E-state index contributed by atoms with van der Waals surface area (Å²) in [7, 11) is 0.479. The third kappa shape index (κ3) is 3.26. The van der Waals surface area contributed by atoms with E-state index in [0.29, 0.717) is 19.8 Å². The van der Waals surface area contributed by atoms with Gasteiger partial charge < -0.3 is 0 Å². The van der Waals surface area contributed by atoms with Crippen LogP contribution in [0.25, 0.3) is 0 Å². The van der Waals surface area contributed by atoms with Crippen molar-refractivity contribution in [2.75, 3.05) is 0 Å². The molecule has 0 heterocycles. The van der Waals surface area contributed by atoms with Crippen LogP contribution in [-0.4, -0.2) is 11.2 Å². The zero-order chi connectivity index (χ0) is 14.0. The van der Waals surface area contributed by atoms with Gasteiger partial charge in [-0.2, -0.15) is 0 Å². The van der Waals surface area contributed by atoms with Crippen LogP contribution in [-0.2, 0) is 0 Å². The second-order valence-electron chi connectivity index (χ2n) is 5.94. The Kier molecular flexibility index (Phi) is 4.79. The molecular formula is C17H25OP. The Bertz CT molecular complexity index is 458. The molecule has 0 bridgehead atoms. The maximum absolute atomic E-state index is 12.7. The van der Waals surface area contributed by atoms with Crippen molar-refractivity contribution in [2.24, 2.45) is 0 Å². The van der Waals surface area contributed by atoms with Crippen molar-refractivity contribution in [3.8, 4) is 0 Å². The molecule has 1 unspecified atom stereocenters. The summed E-state index contributed by atoms with van der Waals surface area (Å²) in [5, 5.41) is 0. The van der Waals surface area contributed by atoms with Gasteiger partial charge in [0.2, 0.25) is 0 Å². The highest BCUT2D eigenvalue weighted by molar-refractivity contribution is 7.59. The number of carbonyl (C=O) groups is 1. The largest absolute Gasteiger partial charge is 0.289 e. The van der Waals surface area contributed by atoms with Gasteiger partial charge in [-0.25, -0.2) is 0 Å². The number of aryl methyl sites for hydroxylation is 2. The van der Waals surface area contributed by atoms with Gasteiger partial charge in [0.1, 0.15) is 0 Å². The van der Waals surface area contributed by atoms with Crippen molar-refractivity contribution < 1.29 is 4.79 Å². The molecule has 0 radical (unpaired) electrons. The molecule has 1 aromatic rings. The van der Waals surface area contributed by atoms with E-state index in [1.54, 1.807) is 0 Å². The molecule has 0 N–H and O–H groups in total. The lowest BCUT2D eigenvalue weighted by atomic mass is 9.95. The van der Waals surface area contributed by atoms with Crippen LogP contribution in [0.15, 0.2) is 6.07 Å². The first-order chi connectivity index (χ1) is 9.00. The summed E-state index contributed by atoms with van der Waals surface area (Å²) in [5.74, 6) is 0. The van der Waals surface area contributed by atoms with E-state index in [1.807, 2.05) is 0 Å². The van der Waals surface area contributed by atoms with Crippen LogP contribution in [0.3, 0.4) is 0 Å². The summed E-state index contributed by atoms with van der Waals surface area (Å²) in [6.45, 7) is 8.42. The number of hydrogen-bond donors (Lipinski definition) is 0. The summed E-state index contributed by atoms with van der Waals surface area (Å²) in [6, 6.07) is 2.20. The minimum absolute atomic E-state index is 0.397. The first-order valence-corrected chi connectivity index (χ1v) is 8.46. The molecule has 2 heteroatoms. The third-order valence-corrected chi connectivity index (χ3v) is 6.03. The molecular weight excluding hydrogens is 251 g/mol. The topological polar surface area (TPSA) is 17.1 Å². The van der Waals surface area contributed by atoms with Crippen molar-refractivity contribution in [1.82, 2.24) is 0 Å². The summed E-state index contributed by atoms with van der Waals surface area (Å²) < 4.78 is 0. The Labute approximate surface area is 119 Å². The van der Waals surface area contributed by atoms with Gasteiger partial charge in [0.25, 0.3) is 0 Å². The molecule has 0 amide bonds. The van der Waals surface area contributed by atoms with E-state index in [9.17, 15) is 4.79 Å². The van der Waals surface area contributed by atoms with Gasteiger partial charge in [0.15, 0.2) is 5.52 Å². The van der Waals surface area contributed by atoms with E-state index in [0.717, 1.165) is 5.56 Å². The second kappa shape index (κ2) is 6.18. The van der Waals surface area contributed by atoms with Gasteiger partial charge in [-0.05, 0) is 77.0 Å². The summed E-state index contributed by atoms with van der Waals surface area (Å²) in [5.41, 5.74) is 6.95. The van der Waals surface area contributed by atoms with Crippen molar-refractivity contribution in [2.45, 2.75) is 65.5 Å². The zero-order valence-electron chi connectivity index (χ0n) is 12.6. The van der Waals surface area contributed by atoms with E-state index in [2.05, 4.69) is 33.8 Å². The summed E-state index contributed by atoms with van der Waals surface area (Å²) in [6.07, 6.45) is 6.50. The first kappa shape index (κ1) is 14.7. The molecule has 0 aromatic heterocycles. The zero-order valence-corrected chi connectivity index (χ0v) is 13.6. The second-order valence-corrected chi connectivity index (χ2v) is 7.50. The van der Waals surface area contributed by atoms with E-state index >= 15 is 0 Å². The molecule has 19 heavy (non-hydrogen) atoms. The van der Waals surface area contributed by atoms with Crippen LogP contribution in [0, 0.1) is 27.7 Å². The molecule has 1 aromatic carbocycles. The van der Waals surface area contributed by atoms with Crippen molar-refractivity contribution in [3.63, 3.8) is 0 Å². The van der Waals surface area contributed by atoms with Crippen molar-refractivity contribution >= 4 is 14.1 Å². The van der Waals surface area contributed by atoms with Crippen molar-refractivity contribution in [3.05, 3.63) is 33.9 Å². The lowest BCUT2D eigenvalue weighted by molar-refractivity contribution is 0.108. The molecule has 1 atom stereocenters. The lowest BCUT2D eigenvalue weighted by Crippen LogP contribution is -2.11. The minimum Gasteiger partial charge on any atom is -0.289 e. The maximum Gasteiger partial charge on any atom is 0.181 e. The molecule has 2 rings (SSSR count). The molecule has 1 saturated carbocycles. The monoisotopic (exact) mass is 276 g/mol. The van der Waals surface area contributed by atoms with Gasteiger partial charge in [0, 0.05) is 5.56 Å². The SMILES string of the molecule is Cc1cc(C)c(C)c(C(=O)PC2CCCCC2)c1C. The van der Waals surface area contributed by atoms with Crippen LogP contribution in [0.2, 0.25) is 0 Å². The fraction of sp³-hybridized carbons (Fsp3) is 0.588. The van der Waals surface area contributed by atoms with Gasteiger partial charge in [-0.15, -0.1) is 0 Å². The number of hydrogen-bond acceptors (Lipinski definition) is 1. The van der Waals surface area contributed by atoms with Gasteiger partial charge in [0.05, 0.1) is 0 Å². The number of carbonyl (C=O) groups excluding carboxylic acids is 1. The third-order valence-electron chi connectivity index (χ3n) is 4.53. The molecule has 0 saturated heterocycles. The molecule has 1 aliphatic rings. The van der Waals surface area contributed by atoms with Gasteiger partial charge >= 0.3 is 0 Å². The standard InChI is InChI=1S/C17H25OP/c1-11-10-12(2)14(4)16(13(11)3)17(18)19-15-8-6-5-7-9-15/h10,15,19H,5-9H2,1-4H3. The highest BCUT2D eigenvalue weighted by Crippen LogP contribution is 2.37. The summed E-state index contributed by atoms with van der Waals surface area (Å²) >= 11 is 0. The highest BCUT2D eigenvalue weighted by atomic mass is 31.1. The van der Waals surface area contributed by atoms with Crippen LogP contribution >= 0.6 is 8.58 Å². The average molecular weight is 276 g/mol. The summed E-state index contributed by atoms with van der Waals surface area (Å²) in [4.78, 5) is 12.7. The van der Waals surface area contributed by atoms with E-state index in [-0.39, 0.29) is 0 Å². The Balaban J connectivity index is 2.23. The Morgan fingerprint density at radius 2 is 1.53 bits per heavy atom. The Hall–Kier alpha value is -0.680. The predicted molar refractivity (Wildman–Crippen MR) is 84.9 cm³/mol. The van der Waals surface area contributed by atoms with Gasteiger partial charge in [-0.3, -0.25) is 4.79 Å². The molecule has 0 aliphatic heterocycles. The minimum atomic E-state index is 0.397. The highest BCUT2D eigenvalue weighted by Gasteiger charge is 2.21. The van der Waals surface area contributed by atoms with E-state index in [4.69, 9.17) is 0 Å². The molecule has 104 valence electrons. The van der Waals surface area contributed by atoms with Crippen molar-refractivity contribution in [1.29, 1.82) is 0 Å². The predicted octanol–water partition coefficient (Wildman–Crippen LogP) is 5.07. The van der Waals surface area contributed by atoms with Crippen LogP contribution in [0.5, 0.6) is 0 Å². The quantitative estimate of drug-likeness (QED) is 0.704. The van der Waals surface area contributed by atoms with E-state index in [1.165, 1.54) is 54.4 Å². The first-order valence-electron chi connectivity index (χ1n) is 7.39. The number of rotatable bonds is 3. The average Bonchev–Trinajstić information content (AvgIpc) is 2.38. The fourth-order valence-corrected chi connectivity index (χ4v) is 4.65. The normalized spacial score (nSPS) is 17.3. The van der Waals surface area contributed by atoms with Crippen LogP contribution in [0.1, 0.15) is 64.7 Å². The van der Waals surface area contributed by atoms with Crippen LogP contribution in [0.4, 0.5) is 0 Å². The molecule has 0 spiro atoms.